The topological polar surface area (TPSA) is 46.5 Å². The molecule has 4 atom stereocenters. The van der Waals surface area contributed by atoms with Gasteiger partial charge in [-0.1, -0.05) is 45.4 Å². The van der Waals surface area contributed by atoms with Crippen LogP contribution in [0.15, 0.2) is 18.2 Å². The molecular formula is C21H30O3. The lowest BCUT2D eigenvalue weighted by atomic mass is 9.49. The third-order valence-electron chi connectivity index (χ3n) is 6.76. The van der Waals surface area contributed by atoms with Crippen molar-refractivity contribution in [2.75, 3.05) is 7.11 Å². The Kier molecular flexibility index (Phi) is 4.28. The smallest absolute Gasteiger partial charge is 0.311 e. The highest BCUT2D eigenvalue weighted by Crippen LogP contribution is 2.59. The van der Waals surface area contributed by atoms with Crippen LogP contribution < -0.4 is 0 Å². The maximum atomic E-state index is 12.5. The molecule has 1 aromatic carbocycles. The molecule has 0 aromatic heterocycles. The molecule has 24 heavy (non-hydrogen) atoms. The lowest BCUT2D eigenvalue weighted by molar-refractivity contribution is -0.162. The molecule has 3 heteroatoms. The van der Waals surface area contributed by atoms with Gasteiger partial charge >= 0.3 is 5.97 Å². The summed E-state index contributed by atoms with van der Waals surface area (Å²) >= 11 is 0. The maximum Gasteiger partial charge on any atom is 0.311 e. The van der Waals surface area contributed by atoms with Crippen LogP contribution in [0, 0.1) is 11.3 Å². The van der Waals surface area contributed by atoms with Gasteiger partial charge in [0.05, 0.1) is 18.6 Å². The minimum Gasteiger partial charge on any atom is -0.469 e. The van der Waals surface area contributed by atoms with Gasteiger partial charge in [0.25, 0.3) is 0 Å². The van der Waals surface area contributed by atoms with Crippen LogP contribution in [-0.4, -0.2) is 18.2 Å². The van der Waals surface area contributed by atoms with Crippen molar-refractivity contribution in [1.82, 2.24) is 0 Å². The molecule has 0 heterocycles. The van der Waals surface area contributed by atoms with Gasteiger partial charge in [0.15, 0.2) is 0 Å². The van der Waals surface area contributed by atoms with Gasteiger partial charge in [-0.05, 0) is 60.1 Å². The van der Waals surface area contributed by atoms with Gasteiger partial charge in [-0.3, -0.25) is 4.79 Å². The Morgan fingerprint density at radius 1 is 1.29 bits per heavy atom. The number of esters is 1. The van der Waals surface area contributed by atoms with Crippen molar-refractivity contribution in [2.24, 2.45) is 11.3 Å². The summed E-state index contributed by atoms with van der Waals surface area (Å²) in [5.74, 6) is 0.422. The van der Waals surface area contributed by atoms with Crippen LogP contribution in [0.25, 0.3) is 0 Å². The molecule has 0 saturated heterocycles. The number of carbonyl (C=O) groups is 1. The standard InChI is InChI=1S/C21H30O3/c1-13(2)14-7-8-16-15(11-14)17(22)12-18-20(16,3)9-6-10-21(18,4)19(23)24-5/h7-8,11,13,17-18,22H,6,9-10,12H2,1-5H3/t17-,18-,20-,21-/m1/s1. The van der Waals surface area contributed by atoms with Crippen LogP contribution in [0.4, 0.5) is 0 Å². The SMILES string of the molecule is COC(=O)[C@]1(C)CCC[C@]2(C)c3ccc(C(C)C)cc3[C@H](O)C[C@@H]12. The number of benzene rings is 1. The fourth-order valence-corrected chi connectivity index (χ4v) is 5.28. The van der Waals surface area contributed by atoms with E-state index in [4.69, 9.17) is 4.74 Å². The van der Waals surface area contributed by atoms with E-state index in [1.165, 1.54) is 18.2 Å². The van der Waals surface area contributed by atoms with Crippen molar-refractivity contribution in [2.45, 2.75) is 70.8 Å². The molecule has 0 spiro atoms. The maximum absolute atomic E-state index is 12.5. The lowest BCUT2D eigenvalue weighted by Gasteiger charge is -2.55. The van der Waals surface area contributed by atoms with Crippen LogP contribution in [0.1, 0.15) is 82.1 Å². The predicted octanol–water partition coefficient (Wildman–Crippen LogP) is 4.48. The van der Waals surface area contributed by atoms with Crippen LogP contribution in [0.2, 0.25) is 0 Å². The summed E-state index contributed by atoms with van der Waals surface area (Å²) in [4.78, 5) is 12.5. The van der Waals surface area contributed by atoms with Gasteiger partial charge in [-0.25, -0.2) is 0 Å². The van der Waals surface area contributed by atoms with E-state index >= 15 is 0 Å². The van der Waals surface area contributed by atoms with Crippen LogP contribution in [-0.2, 0) is 14.9 Å². The van der Waals surface area contributed by atoms with E-state index in [2.05, 4.69) is 39.0 Å². The first-order valence-corrected chi connectivity index (χ1v) is 9.15. The number of aliphatic hydroxyl groups excluding tert-OH is 1. The van der Waals surface area contributed by atoms with Crippen molar-refractivity contribution in [3.05, 3.63) is 34.9 Å². The molecule has 1 N–H and O–H groups in total. The van der Waals surface area contributed by atoms with Crippen LogP contribution in [0.5, 0.6) is 0 Å². The molecular weight excluding hydrogens is 300 g/mol. The second-order valence-corrected chi connectivity index (χ2v) is 8.49. The van der Waals surface area contributed by atoms with E-state index in [-0.39, 0.29) is 17.3 Å². The first-order chi connectivity index (χ1) is 11.2. The molecule has 0 aliphatic heterocycles. The molecule has 1 fully saturated rings. The summed E-state index contributed by atoms with van der Waals surface area (Å²) in [6, 6.07) is 6.56. The van der Waals surface area contributed by atoms with E-state index in [0.29, 0.717) is 12.3 Å². The van der Waals surface area contributed by atoms with Gasteiger partial charge in [-0.15, -0.1) is 0 Å². The Labute approximate surface area is 145 Å². The van der Waals surface area contributed by atoms with E-state index in [1.54, 1.807) is 0 Å². The molecule has 0 amide bonds. The Morgan fingerprint density at radius 2 is 2.00 bits per heavy atom. The Hall–Kier alpha value is -1.35. The van der Waals surface area contributed by atoms with Crippen molar-refractivity contribution in [3.8, 4) is 0 Å². The number of hydrogen-bond donors (Lipinski definition) is 1. The Bertz CT molecular complexity index is 650. The molecule has 3 nitrogen and oxygen atoms in total. The first kappa shape index (κ1) is 17.5. The largest absolute Gasteiger partial charge is 0.469 e. The fraction of sp³-hybridized carbons (Fsp3) is 0.667. The molecule has 1 aromatic rings. The van der Waals surface area contributed by atoms with E-state index < -0.39 is 11.5 Å². The summed E-state index contributed by atoms with van der Waals surface area (Å²) in [5.41, 5.74) is 2.96. The molecule has 0 unspecified atom stereocenters. The highest BCUT2D eigenvalue weighted by molar-refractivity contribution is 5.77. The zero-order valence-corrected chi connectivity index (χ0v) is 15.6. The lowest BCUT2D eigenvalue weighted by Crippen LogP contribution is -2.53. The van der Waals surface area contributed by atoms with Gasteiger partial charge in [-0.2, -0.15) is 0 Å². The zero-order chi connectivity index (χ0) is 17.7. The molecule has 2 aliphatic carbocycles. The molecule has 1 saturated carbocycles. The average Bonchev–Trinajstić information content (AvgIpc) is 2.56. The number of ether oxygens (including phenoxy) is 1. The minimum atomic E-state index is -0.517. The summed E-state index contributed by atoms with van der Waals surface area (Å²) in [5, 5.41) is 10.9. The Balaban J connectivity index is 2.12. The van der Waals surface area contributed by atoms with Crippen molar-refractivity contribution in [3.63, 3.8) is 0 Å². The number of methoxy groups -OCH3 is 1. The average molecular weight is 330 g/mol. The predicted molar refractivity (Wildman–Crippen MR) is 94.9 cm³/mol. The summed E-state index contributed by atoms with van der Waals surface area (Å²) in [6.07, 6.45) is 3.05. The number of carbonyl (C=O) groups excluding carboxylic acids is 1. The number of aliphatic hydroxyl groups is 1. The second kappa shape index (κ2) is 5.87. The van der Waals surface area contributed by atoms with Gasteiger partial charge < -0.3 is 9.84 Å². The number of rotatable bonds is 2. The third kappa shape index (κ3) is 2.40. The molecule has 132 valence electrons. The highest BCUT2D eigenvalue weighted by Gasteiger charge is 2.57. The molecule has 0 bridgehead atoms. The molecule has 2 aliphatic rings. The first-order valence-electron chi connectivity index (χ1n) is 9.15. The quantitative estimate of drug-likeness (QED) is 0.813. The number of hydrogen-bond acceptors (Lipinski definition) is 3. The monoisotopic (exact) mass is 330 g/mol. The highest BCUT2D eigenvalue weighted by atomic mass is 16.5. The van der Waals surface area contributed by atoms with Crippen LogP contribution >= 0.6 is 0 Å². The molecule has 3 rings (SSSR count). The van der Waals surface area contributed by atoms with E-state index in [1.807, 2.05) is 6.92 Å². The van der Waals surface area contributed by atoms with Crippen molar-refractivity contribution < 1.29 is 14.6 Å². The molecule has 0 radical (unpaired) electrons. The number of fused-ring (bicyclic) bond motifs is 3. The van der Waals surface area contributed by atoms with Crippen LogP contribution in [0.3, 0.4) is 0 Å². The summed E-state index contributed by atoms with van der Waals surface area (Å²) < 4.78 is 5.14. The van der Waals surface area contributed by atoms with E-state index in [0.717, 1.165) is 24.8 Å². The summed E-state index contributed by atoms with van der Waals surface area (Å²) in [6.45, 7) is 8.66. The van der Waals surface area contributed by atoms with Gasteiger partial charge in [0.2, 0.25) is 0 Å². The normalized spacial score (nSPS) is 35.3. The third-order valence-corrected chi connectivity index (χ3v) is 6.76. The van der Waals surface area contributed by atoms with Crippen molar-refractivity contribution >= 4 is 5.97 Å². The fourth-order valence-electron chi connectivity index (χ4n) is 5.28. The zero-order valence-electron chi connectivity index (χ0n) is 15.6. The minimum absolute atomic E-state index is 0.0781. The Morgan fingerprint density at radius 3 is 2.62 bits per heavy atom. The van der Waals surface area contributed by atoms with Gasteiger partial charge in [0.1, 0.15) is 0 Å². The van der Waals surface area contributed by atoms with Crippen molar-refractivity contribution in [1.29, 1.82) is 0 Å². The summed E-state index contributed by atoms with van der Waals surface area (Å²) in [7, 11) is 1.47. The second-order valence-electron chi connectivity index (χ2n) is 8.49. The van der Waals surface area contributed by atoms with E-state index in [9.17, 15) is 9.90 Å². The van der Waals surface area contributed by atoms with Gasteiger partial charge in [0, 0.05) is 0 Å².